The van der Waals surface area contributed by atoms with Crippen molar-refractivity contribution in [2.75, 3.05) is 5.43 Å². The molecule has 112 valence electrons. The molecule has 0 fully saturated rings. The second-order valence-corrected chi connectivity index (χ2v) is 4.70. The first-order valence-electron chi connectivity index (χ1n) is 6.28. The van der Waals surface area contributed by atoms with Gasteiger partial charge in [0.1, 0.15) is 0 Å². The zero-order chi connectivity index (χ0) is 15.9. The summed E-state index contributed by atoms with van der Waals surface area (Å²) in [7, 11) is 0. The SMILES string of the molecule is NC(=N/O)/C(=N\Nc1ccc(Cl)cc1)C(=O)c1ccccc1. The number of anilines is 1. The molecular formula is C15H13ClN4O2. The van der Waals surface area contributed by atoms with Crippen LogP contribution in [0.3, 0.4) is 0 Å². The number of nitrogens with two attached hydrogens (primary N) is 1. The van der Waals surface area contributed by atoms with E-state index in [0.717, 1.165) is 0 Å². The quantitative estimate of drug-likeness (QED) is 0.259. The topological polar surface area (TPSA) is 100 Å². The van der Waals surface area contributed by atoms with Crippen LogP contribution in [0.4, 0.5) is 5.69 Å². The van der Waals surface area contributed by atoms with Crippen molar-refractivity contribution in [3.63, 3.8) is 0 Å². The van der Waals surface area contributed by atoms with E-state index in [1.54, 1.807) is 54.6 Å². The summed E-state index contributed by atoms with van der Waals surface area (Å²) in [4.78, 5) is 12.4. The van der Waals surface area contributed by atoms with E-state index < -0.39 is 5.78 Å². The summed E-state index contributed by atoms with van der Waals surface area (Å²) in [5.74, 6) is -0.840. The lowest BCUT2D eigenvalue weighted by Gasteiger charge is -2.06. The lowest BCUT2D eigenvalue weighted by molar-refractivity contribution is 0.106. The molecule has 0 amide bonds. The molecule has 0 aliphatic carbocycles. The summed E-state index contributed by atoms with van der Waals surface area (Å²) in [6, 6.07) is 15.1. The summed E-state index contributed by atoms with van der Waals surface area (Å²) in [5.41, 5.74) is 9.00. The molecule has 2 aromatic rings. The largest absolute Gasteiger partial charge is 0.409 e. The Labute approximate surface area is 131 Å². The van der Waals surface area contributed by atoms with Crippen LogP contribution in [0.15, 0.2) is 64.9 Å². The van der Waals surface area contributed by atoms with Gasteiger partial charge in [0.25, 0.3) is 0 Å². The minimum Gasteiger partial charge on any atom is -0.409 e. The number of hydrazone groups is 1. The van der Waals surface area contributed by atoms with E-state index in [-0.39, 0.29) is 11.5 Å². The summed E-state index contributed by atoms with van der Waals surface area (Å²) in [6.45, 7) is 0. The van der Waals surface area contributed by atoms with Gasteiger partial charge in [-0.25, -0.2) is 0 Å². The van der Waals surface area contributed by atoms with E-state index in [9.17, 15) is 4.79 Å². The molecule has 0 radical (unpaired) electrons. The van der Waals surface area contributed by atoms with Gasteiger partial charge in [-0.2, -0.15) is 5.10 Å². The van der Waals surface area contributed by atoms with Gasteiger partial charge in [0.2, 0.25) is 5.78 Å². The normalized spacial score (nSPS) is 12.0. The van der Waals surface area contributed by atoms with E-state index >= 15 is 0 Å². The molecule has 0 bridgehead atoms. The highest BCUT2D eigenvalue weighted by Gasteiger charge is 2.18. The Kier molecular flexibility index (Phi) is 5.11. The molecular weight excluding hydrogens is 304 g/mol. The molecule has 0 aliphatic rings. The van der Waals surface area contributed by atoms with Crippen LogP contribution in [0.2, 0.25) is 5.02 Å². The summed E-state index contributed by atoms with van der Waals surface area (Å²) in [6.07, 6.45) is 0. The summed E-state index contributed by atoms with van der Waals surface area (Å²) in [5, 5.41) is 16.2. The number of halogens is 1. The Hall–Kier alpha value is -2.86. The lowest BCUT2D eigenvalue weighted by Crippen LogP contribution is -2.32. The van der Waals surface area contributed by atoms with Crippen molar-refractivity contribution in [1.82, 2.24) is 0 Å². The maximum atomic E-state index is 12.4. The predicted molar refractivity (Wildman–Crippen MR) is 86.7 cm³/mol. The third kappa shape index (κ3) is 3.83. The van der Waals surface area contributed by atoms with Gasteiger partial charge in [-0.15, -0.1) is 0 Å². The number of amidine groups is 1. The molecule has 2 aromatic carbocycles. The van der Waals surface area contributed by atoms with Crippen molar-refractivity contribution in [2.24, 2.45) is 16.0 Å². The van der Waals surface area contributed by atoms with Gasteiger partial charge in [-0.1, -0.05) is 47.1 Å². The fraction of sp³-hybridized carbons (Fsp3) is 0. The molecule has 0 unspecified atom stereocenters. The fourth-order valence-corrected chi connectivity index (χ4v) is 1.77. The Balaban J connectivity index is 2.28. The standard InChI is InChI=1S/C15H13ClN4O2/c16-11-6-8-12(9-7-11)18-19-13(15(17)20-22)14(21)10-4-2-1-3-5-10/h1-9,18,22H,(H2,17,20)/b19-13-. The number of carbonyl (C=O) groups excluding carboxylic acids is 1. The van der Waals surface area contributed by atoms with Crippen molar-refractivity contribution < 1.29 is 10.0 Å². The second-order valence-electron chi connectivity index (χ2n) is 4.26. The lowest BCUT2D eigenvalue weighted by atomic mass is 10.1. The Morgan fingerprint density at radius 1 is 1.09 bits per heavy atom. The van der Waals surface area contributed by atoms with Crippen molar-refractivity contribution in [1.29, 1.82) is 0 Å². The number of benzene rings is 2. The molecule has 22 heavy (non-hydrogen) atoms. The van der Waals surface area contributed by atoms with Crippen LogP contribution in [-0.4, -0.2) is 22.5 Å². The maximum absolute atomic E-state index is 12.4. The molecule has 0 saturated carbocycles. The molecule has 0 aromatic heterocycles. The highest BCUT2D eigenvalue weighted by molar-refractivity contribution is 6.69. The molecule has 0 saturated heterocycles. The highest BCUT2D eigenvalue weighted by atomic mass is 35.5. The van der Waals surface area contributed by atoms with E-state index in [1.807, 2.05) is 0 Å². The number of Topliss-reactive ketones (excluding diaryl/α,β-unsaturated/α-hetero) is 1. The smallest absolute Gasteiger partial charge is 0.217 e. The van der Waals surface area contributed by atoms with Crippen LogP contribution in [0.1, 0.15) is 10.4 Å². The van der Waals surface area contributed by atoms with Crippen molar-refractivity contribution in [3.05, 3.63) is 65.2 Å². The van der Waals surface area contributed by atoms with E-state index in [0.29, 0.717) is 16.3 Å². The number of oxime groups is 1. The molecule has 0 aliphatic heterocycles. The molecule has 2 rings (SSSR count). The number of carbonyl (C=O) groups is 1. The van der Waals surface area contributed by atoms with Crippen LogP contribution < -0.4 is 11.2 Å². The molecule has 6 nitrogen and oxygen atoms in total. The second kappa shape index (κ2) is 7.24. The third-order valence-electron chi connectivity index (χ3n) is 2.74. The Bertz CT molecular complexity index is 712. The molecule has 4 N–H and O–H groups in total. The molecule has 7 heteroatoms. The van der Waals surface area contributed by atoms with Gasteiger partial charge in [0.05, 0.1) is 5.69 Å². The fourth-order valence-electron chi connectivity index (χ4n) is 1.64. The van der Waals surface area contributed by atoms with Gasteiger partial charge in [-0.3, -0.25) is 10.2 Å². The average molecular weight is 317 g/mol. The first-order chi connectivity index (χ1) is 10.6. The minimum atomic E-state index is -0.461. The summed E-state index contributed by atoms with van der Waals surface area (Å²) < 4.78 is 0. The van der Waals surface area contributed by atoms with Gasteiger partial charge >= 0.3 is 0 Å². The number of ketones is 1. The van der Waals surface area contributed by atoms with Crippen LogP contribution in [0, 0.1) is 0 Å². The highest BCUT2D eigenvalue weighted by Crippen LogP contribution is 2.13. The molecule has 0 atom stereocenters. The monoisotopic (exact) mass is 316 g/mol. The number of rotatable bonds is 5. The Morgan fingerprint density at radius 3 is 2.32 bits per heavy atom. The first-order valence-corrected chi connectivity index (χ1v) is 6.66. The van der Waals surface area contributed by atoms with Crippen molar-refractivity contribution >= 4 is 34.6 Å². The van der Waals surface area contributed by atoms with Crippen molar-refractivity contribution in [2.45, 2.75) is 0 Å². The van der Waals surface area contributed by atoms with Gasteiger partial charge < -0.3 is 10.9 Å². The zero-order valence-electron chi connectivity index (χ0n) is 11.4. The van der Waals surface area contributed by atoms with Crippen LogP contribution in [0.25, 0.3) is 0 Å². The number of nitrogens with zero attached hydrogens (tertiary/aromatic N) is 2. The van der Waals surface area contributed by atoms with Crippen LogP contribution >= 0.6 is 11.6 Å². The van der Waals surface area contributed by atoms with E-state index in [4.69, 9.17) is 22.5 Å². The first kappa shape index (κ1) is 15.5. The third-order valence-corrected chi connectivity index (χ3v) is 2.99. The van der Waals surface area contributed by atoms with E-state index in [2.05, 4.69) is 15.7 Å². The van der Waals surface area contributed by atoms with E-state index in [1.165, 1.54) is 0 Å². The number of hydrogen-bond acceptors (Lipinski definition) is 5. The number of hydrogen-bond donors (Lipinski definition) is 3. The maximum Gasteiger partial charge on any atom is 0.217 e. The summed E-state index contributed by atoms with van der Waals surface area (Å²) >= 11 is 5.79. The Morgan fingerprint density at radius 2 is 1.73 bits per heavy atom. The molecule has 0 spiro atoms. The minimum absolute atomic E-state index is 0.191. The van der Waals surface area contributed by atoms with Gasteiger partial charge in [0, 0.05) is 10.6 Å². The average Bonchev–Trinajstić information content (AvgIpc) is 2.57. The molecule has 0 heterocycles. The predicted octanol–water partition coefficient (Wildman–Crippen LogP) is 2.74. The van der Waals surface area contributed by atoms with Crippen LogP contribution in [0.5, 0.6) is 0 Å². The number of nitrogens with one attached hydrogen (secondary N) is 1. The van der Waals surface area contributed by atoms with Crippen LogP contribution in [-0.2, 0) is 0 Å². The van der Waals surface area contributed by atoms with Gasteiger partial charge in [-0.05, 0) is 24.3 Å². The van der Waals surface area contributed by atoms with Gasteiger partial charge in [0.15, 0.2) is 11.5 Å². The zero-order valence-corrected chi connectivity index (χ0v) is 12.2. The van der Waals surface area contributed by atoms with Crippen molar-refractivity contribution in [3.8, 4) is 0 Å².